The van der Waals surface area contributed by atoms with Gasteiger partial charge in [0, 0.05) is 18.9 Å². The number of pyridine rings is 1. The van der Waals surface area contributed by atoms with Crippen LogP contribution >= 0.6 is 0 Å². The Hall–Kier alpha value is -1.13. The summed E-state index contributed by atoms with van der Waals surface area (Å²) in [4.78, 5) is 4.02. The number of rotatable bonds is 4. The van der Waals surface area contributed by atoms with Crippen molar-refractivity contribution in [1.29, 1.82) is 0 Å². The Balaban J connectivity index is 2.28. The summed E-state index contributed by atoms with van der Waals surface area (Å²) < 4.78 is 5.37. The van der Waals surface area contributed by atoms with Crippen LogP contribution in [0.1, 0.15) is 30.1 Å². The summed E-state index contributed by atoms with van der Waals surface area (Å²) in [5.41, 5.74) is 7.48. The zero-order chi connectivity index (χ0) is 11.7. The van der Waals surface area contributed by atoms with E-state index in [1.165, 1.54) is 0 Å². The van der Waals surface area contributed by atoms with Gasteiger partial charge >= 0.3 is 0 Å². The molecule has 1 fully saturated rings. The van der Waals surface area contributed by atoms with Crippen molar-refractivity contribution < 1.29 is 9.84 Å². The lowest BCUT2D eigenvalue weighted by molar-refractivity contribution is -0.0259. The van der Waals surface area contributed by atoms with E-state index in [1.807, 2.05) is 13.0 Å². The van der Waals surface area contributed by atoms with Crippen LogP contribution < -0.4 is 5.73 Å². The summed E-state index contributed by atoms with van der Waals surface area (Å²) in [5.74, 6) is 0.856. The molecule has 2 unspecified atom stereocenters. The maximum Gasteiger partial charge on any atom is 0.129 e. The van der Waals surface area contributed by atoms with E-state index in [4.69, 9.17) is 10.5 Å². The van der Waals surface area contributed by atoms with E-state index in [0.717, 1.165) is 18.4 Å². The van der Waals surface area contributed by atoms with Gasteiger partial charge in [-0.05, 0) is 37.3 Å². The molecule has 0 amide bonds. The van der Waals surface area contributed by atoms with Gasteiger partial charge in [0.15, 0.2) is 0 Å². The molecule has 88 valence electrons. The number of methoxy groups -OCH3 is 1. The van der Waals surface area contributed by atoms with Crippen LogP contribution in [0.3, 0.4) is 0 Å². The first kappa shape index (κ1) is 11.4. The molecule has 1 aromatic heterocycles. The fourth-order valence-corrected chi connectivity index (χ4v) is 2.14. The summed E-state index contributed by atoms with van der Waals surface area (Å²) in [6.07, 6.45) is 3.06. The molecule has 0 aliphatic heterocycles. The average Bonchev–Trinajstić information content (AvgIpc) is 3.03. The third kappa shape index (κ3) is 2.03. The Morgan fingerprint density at radius 2 is 2.25 bits per heavy atom. The molecule has 0 bridgehead atoms. The molecule has 4 nitrogen and oxygen atoms in total. The SMILES string of the molecule is COC(C1CC1)C(O)c1c(C)ccnc1N. The lowest BCUT2D eigenvalue weighted by atomic mass is 9.98. The Bertz CT molecular complexity index is 357. The molecule has 2 rings (SSSR count). The number of aryl methyl sites for hydroxylation is 1. The van der Waals surface area contributed by atoms with Crippen molar-refractivity contribution in [3.63, 3.8) is 0 Å². The highest BCUT2D eigenvalue weighted by molar-refractivity contribution is 5.45. The van der Waals surface area contributed by atoms with E-state index >= 15 is 0 Å². The molecule has 0 saturated heterocycles. The van der Waals surface area contributed by atoms with Gasteiger partial charge in [-0.2, -0.15) is 0 Å². The molecule has 3 N–H and O–H groups in total. The summed E-state index contributed by atoms with van der Waals surface area (Å²) in [7, 11) is 1.63. The molecule has 1 heterocycles. The Labute approximate surface area is 95.4 Å². The minimum Gasteiger partial charge on any atom is -0.386 e. The zero-order valence-corrected chi connectivity index (χ0v) is 9.68. The molecule has 4 heteroatoms. The fraction of sp³-hybridized carbons (Fsp3) is 0.583. The van der Waals surface area contributed by atoms with Gasteiger partial charge < -0.3 is 15.6 Å². The molecule has 16 heavy (non-hydrogen) atoms. The van der Waals surface area contributed by atoms with Gasteiger partial charge in [0.2, 0.25) is 0 Å². The van der Waals surface area contributed by atoms with E-state index in [0.29, 0.717) is 17.3 Å². The Morgan fingerprint density at radius 1 is 1.56 bits per heavy atom. The summed E-state index contributed by atoms with van der Waals surface area (Å²) >= 11 is 0. The lowest BCUT2D eigenvalue weighted by Gasteiger charge is -2.23. The smallest absolute Gasteiger partial charge is 0.129 e. The summed E-state index contributed by atoms with van der Waals surface area (Å²) in [5, 5.41) is 10.3. The zero-order valence-electron chi connectivity index (χ0n) is 9.68. The van der Waals surface area contributed by atoms with Gasteiger partial charge in [0.05, 0.1) is 6.10 Å². The van der Waals surface area contributed by atoms with Gasteiger partial charge in [-0.1, -0.05) is 0 Å². The van der Waals surface area contributed by atoms with E-state index in [9.17, 15) is 5.11 Å². The number of nitrogens with zero attached hydrogens (tertiary/aromatic N) is 1. The van der Waals surface area contributed by atoms with Crippen molar-refractivity contribution in [2.45, 2.75) is 32.0 Å². The van der Waals surface area contributed by atoms with Crippen LogP contribution in [0.2, 0.25) is 0 Å². The maximum atomic E-state index is 10.3. The number of aromatic nitrogens is 1. The molecule has 0 aromatic carbocycles. The number of nitrogens with two attached hydrogens (primary N) is 1. The Kier molecular flexibility index (Phi) is 3.12. The summed E-state index contributed by atoms with van der Waals surface area (Å²) in [6, 6.07) is 1.86. The van der Waals surface area contributed by atoms with Crippen molar-refractivity contribution in [2.75, 3.05) is 12.8 Å². The van der Waals surface area contributed by atoms with E-state index in [2.05, 4.69) is 4.98 Å². The van der Waals surface area contributed by atoms with Crippen molar-refractivity contribution in [3.05, 3.63) is 23.4 Å². The number of hydrogen-bond donors (Lipinski definition) is 2. The second-order valence-corrected chi connectivity index (χ2v) is 4.41. The average molecular weight is 222 g/mol. The number of hydrogen-bond acceptors (Lipinski definition) is 4. The highest BCUT2D eigenvalue weighted by Crippen LogP contribution is 2.41. The minimum absolute atomic E-state index is 0.162. The molecule has 1 saturated carbocycles. The van der Waals surface area contributed by atoms with E-state index < -0.39 is 6.10 Å². The summed E-state index contributed by atoms with van der Waals surface area (Å²) in [6.45, 7) is 1.93. The van der Waals surface area contributed by atoms with Crippen LogP contribution in [-0.2, 0) is 4.74 Å². The first-order valence-corrected chi connectivity index (χ1v) is 5.57. The minimum atomic E-state index is -0.675. The second-order valence-electron chi connectivity index (χ2n) is 4.41. The van der Waals surface area contributed by atoms with Crippen molar-refractivity contribution >= 4 is 5.82 Å². The molecule has 1 aliphatic rings. The van der Waals surface area contributed by atoms with Crippen LogP contribution in [0.4, 0.5) is 5.82 Å². The van der Waals surface area contributed by atoms with Crippen molar-refractivity contribution in [3.8, 4) is 0 Å². The molecular weight excluding hydrogens is 204 g/mol. The molecule has 1 aliphatic carbocycles. The van der Waals surface area contributed by atoms with Gasteiger partial charge in [0.25, 0.3) is 0 Å². The first-order valence-electron chi connectivity index (χ1n) is 5.57. The normalized spacial score (nSPS) is 19.4. The third-order valence-corrected chi connectivity index (χ3v) is 3.20. The van der Waals surface area contributed by atoms with Gasteiger partial charge in [-0.15, -0.1) is 0 Å². The third-order valence-electron chi connectivity index (χ3n) is 3.20. The van der Waals surface area contributed by atoms with Gasteiger partial charge in [0.1, 0.15) is 11.9 Å². The second kappa shape index (κ2) is 4.39. The van der Waals surface area contributed by atoms with E-state index in [-0.39, 0.29) is 6.10 Å². The number of ether oxygens (including phenoxy) is 1. The van der Waals surface area contributed by atoms with Crippen LogP contribution in [0.15, 0.2) is 12.3 Å². The maximum absolute atomic E-state index is 10.3. The highest BCUT2D eigenvalue weighted by Gasteiger charge is 2.38. The molecular formula is C12H18N2O2. The fourth-order valence-electron chi connectivity index (χ4n) is 2.14. The highest BCUT2D eigenvalue weighted by atomic mass is 16.5. The molecule has 0 spiro atoms. The number of aliphatic hydroxyl groups excluding tert-OH is 1. The Morgan fingerprint density at radius 3 is 2.75 bits per heavy atom. The molecule has 2 atom stereocenters. The van der Waals surface area contributed by atoms with Crippen LogP contribution in [-0.4, -0.2) is 23.3 Å². The number of nitrogen functional groups attached to an aromatic ring is 1. The standard InChI is InChI=1S/C12H18N2O2/c1-7-5-6-14-12(13)9(7)10(15)11(16-2)8-3-4-8/h5-6,8,10-11,15H,3-4H2,1-2H3,(H2,13,14). The van der Waals surface area contributed by atoms with Crippen molar-refractivity contribution in [1.82, 2.24) is 4.98 Å². The van der Waals surface area contributed by atoms with Crippen molar-refractivity contribution in [2.24, 2.45) is 5.92 Å². The number of anilines is 1. The van der Waals surface area contributed by atoms with Gasteiger partial charge in [-0.25, -0.2) is 4.98 Å². The quantitative estimate of drug-likeness (QED) is 0.808. The predicted molar refractivity (Wildman–Crippen MR) is 61.9 cm³/mol. The van der Waals surface area contributed by atoms with Crippen LogP contribution in [0.25, 0.3) is 0 Å². The molecule has 1 aromatic rings. The monoisotopic (exact) mass is 222 g/mol. The largest absolute Gasteiger partial charge is 0.386 e. The molecule has 0 radical (unpaired) electrons. The number of aliphatic hydroxyl groups is 1. The first-order chi connectivity index (χ1) is 7.65. The van der Waals surface area contributed by atoms with Crippen LogP contribution in [0, 0.1) is 12.8 Å². The van der Waals surface area contributed by atoms with E-state index in [1.54, 1.807) is 13.3 Å². The van der Waals surface area contributed by atoms with Gasteiger partial charge in [-0.3, -0.25) is 0 Å². The topological polar surface area (TPSA) is 68.4 Å². The predicted octanol–water partition coefficient (Wildman–Crippen LogP) is 1.43. The van der Waals surface area contributed by atoms with Crippen LogP contribution in [0.5, 0.6) is 0 Å². The lowest BCUT2D eigenvalue weighted by Crippen LogP contribution is -2.24.